The predicted octanol–water partition coefficient (Wildman–Crippen LogP) is 2.93. The molecule has 0 aliphatic heterocycles. The fourth-order valence-corrected chi connectivity index (χ4v) is 2.13. The normalized spacial score (nSPS) is 11.4. The second-order valence-corrected chi connectivity index (χ2v) is 5.57. The fourth-order valence-electron chi connectivity index (χ4n) is 1.87. The molecule has 0 fully saturated rings. The van der Waals surface area contributed by atoms with Gasteiger partial charge in [0.2, 0.25) is 5.91 Å². The van der Waals surface area contributed by atoms with Gasteiger partial charge in [-0.05, 0) is 30.5 Å². The van der Waals surface area contributed by atoms with Crippen molar-refractivity contribution < 1.29 is 4.79 Å². The predicted molar refractivity (Wildman–Crippen MR) is 78.1 cm³/mol. The summed E-state index contributed by atoms with van der Waals surface area (Å²) in [4.78, 5) is 14.0. The molecular weight excluding hydrogens is 292 g/mol. The smallest absolute Gasteiger partial charge is 0.242 e. The van der Waals surface area contributed by atoms with E-state index in [1.165, 1.54) is 0 Å². The monoisotopic (exact) mass is 312 g/mol. The number of hydrogen-bond donors (Lipinski definition) is 1. The SMILES string of the molecule is CCC(N)(CC)C(=O)N(C)Cc1ccc(Br)cc1. The quantitative estimate of drug-likeness (QED) is 0.908. The Morgan fingerprint density at radius 1 is 1.28 bits per heavy atom. The molecule has 0 unspecified atom stereocenters. The van der Waals surface area contributed by atoms with E-state index in [2.05, 4.69) is 15.9 Å². The van der Waals surface area contributed by atoms with Crippen molar-refractivity contribution in [2.75, 3.05) is 7.05 Å². The molecule has 1 amide bonds. The molecule has 0 radical (unpaired) electrons. The molecule has 0 bridgehead atoms. The Morgan fingerprint density at radius 3 is 2.22 bits per heavy atom. The number of carbonyl (C=O) groups is 1. The maximum atomic E-state index is 12.3. The standard InChI is InChI=1S/C14H21BrN2O/c1-4-14(16,5-2)13(18)17(3)10-11-6-8-12(15)9-7-11/h6-9H,4-5,10,16H2,1-3H3. The molecule has 0 aromatic heterocycles. The lowest BCUT2D eigenvalue weighted by atomic mass is 9.92. The third-order valence-electron chi connectivity index (χ3n) is 3.37. The van der Waals surface area contributed by atoms with Crippen molar-refractivity contribution in [2.45, 2.75) is 38.8 Å². The van der Waals surface area contributed by atoms with Crippen LogP contribution in [0.5, 0.6) is 0 Å². The second kappa shape index (κ2) is 6.34. The van der Waals surface area contributed by atoms with Crippen molar-refractivity contribution in [3.8, 4) is 0 Å². The van der Waals surface area contributed by atoms with Gasteiger partial charge in [-0.3, -0.25) is 4.79 Å². The van der Waals surface area contributed by atoms with E-state index in [4.69, 9.17) is 5.73 Å². The first-order chi connectivity index (χ1) is 8.42. The third-order valence-corrected chi connectivity index (χ3v) is 3.90. The van der Waals surface area contributed by atoms with Gasteiger partial charge in [-0.15, -0.1) is 0 Å². The van der Waals surface area contributed by atoms with Gasteiger partial charge in [-0.25, -0.2) is 0 Å². The zero-order chi connectivity index (χ0) is 13.8. The van der Waals surface area contributed by atoms with Crippen LogP contribution in [0.25, 0.3) is 0 Å². The summed E-state index contributed by atoms with van der Waals surface area (Å²) in [7, 11) is 1.80. The highest BCUT2D eigenvalue weighted by Crippen LogP contribution is 2.17. The minimum Gasteiger partial charge on any atom is -0.340 e. The van der Waals surface area contributed by atoms with Gasteiger partial charge in [-0.1, -0.05) is 41.9 Å². The highest BCUT2D eigenvalue weighted by atomic mass is 79.9. The molecule has 1 rings (SSSR count). The van der Waals surface area contributed by atoms with Gasteiger partial charge >= 0.3 is 0 Å². The van der Waals surface area contributed by atoms with Crippen molar-refractivity contribution in [2.24, 2.45) is 5.73 Å². The number of nitrogens with zero attached hydrogens (tertiary/aromatic N) is 1. The number of carbonyl (C=O) groups excluding carboxylic acids is 1. The Morgan fingerprint density at radius 2 is 1.78 bits per heavy atom. The number of rotatable bonds is 5. The summed E-state index contributed by atoms with van der Waals surface area (Å²) in [6.07, 6.45) is 1.32. The summed E-state index contributed by atoms with van der Waals surface area (Å²) >= 11 is 3.39. The van der Waals surface area contributed by atoms with Crippen molar-refractivity contribution in [1.82, 2.24) is 4.90 Å². The molecule has 0 aliphatic rings. The maximum absolute atomic E-state index is 12.3. The van der Waals surface area contributed by atoms with Crippen LogP contribution in [0.4, 0.5) is 0 Å². The Kier molecular flexibility index (Phi) is 5.35. The van der Waals surface area contributed by atoms with Crippen LogP contribution in [0.15, 0.2) is 28.7 Å². The van der Waals surface area contributed by atoms with Gasteiger partial charge in [0.25, 0.3) is 0 Å². The average Bonchev–Trinajstić information content (AvgIpc) is 2.39. The summed E-state index contributed by atoms with van der Waals surface area (Å²) < 4.78 is 1.04. The van der Waals surface area contributed by atoms with Crippen LogP contribution in [0.3, 0.4) is 0 Å². The molecule has 0 atom stereocenters. The van der Waals surface area contributed by atoms with Crippen LogP contribution in [-0.2, 0) is 11.3 Å². The van der Waals surface area contributed by atoms with E-state index in [1.54, 1.807) is 11.9 Å². The van der Waals surface area contributed by atoms with Gasteiger partial charge in [0, 0.05) is 18.1 Å². The van der Waals surface area contributed by atoms with Gasteiger partial charge in [-0.2, -0.15) is 0 Å². The van der Waals surface area contributed by atoms with Crippen LogP contribution >= 0.6 is 15.9 Å². The van der Waals surface area contributed by atoms with E-state index < -0.39 is 5.54 Å². The number of nitrogens with two attached hydrogens (primary N) is 1. The van der Waals surface area contributed by atoms with E-state index >= 15 is 0 Å². The summed E-state index contributed by atoms with van der Waals surface area (Å²) in [5.74, 6) is 0.00965. The van der Waals surface area contributed by atoms with Crippen molar-refractivity contribution >= 4 is 21.8 Å². The van der Waals surface area contributed by atoms with Crippen LogP contribution in [0.2, 0.25) is 0 Å². The second-order valence-electron chi connectivity index (χ2n) is 4.65. The molecule has 0 saturated heterocycles. The van der Waals surface area contributed by atoms with E-state index in [0.717, 1.165) is 10.0 Å². The summed E-state index contributed by atoms with van der Waals surface area (Å²) in [5.41, 5.74) is 6.49. The first-order valence-electron chi connectivity index (χ1n) is 6.22. The maximum Gasteiger partial charge on any atom is 0.242 e. The number of likely N-dealkylation sites (N-methyl/N-ethyl adjacent to an activating group) is 1. The minimum atomic E-state index is -0.732. The van der Waals surface area contributed by atoms with E-state index in [0.29, 0.717) is 19.4 Å². The molecule has 4 heteroatoms. The highest BCUT2D eigenvalue weighted by Gasteiger charge is 2.32. The number of hydrogen-bond acceptors (Lipinski definition) is 2. The van der Waals surface area contributed by atoms with E-state index in [9.17, 15) is 4.79 Å². The Hall–Kier alpha value is -0.870. The molecule has 18 heavy (non-hydrogen) atoms. The number of amides is 1. The van der Waals surface area contributed by atoms with Crippen LogP contribution < -0.4 is 5.73 Å². The summed E-state index contributed by atoms with van der Waals surface area (Å²) in [5, 5.41) is 0. The topological polar surface area (TPSA) is 46.3 Å². The number of halogens is 1. The van der Waals surface area contributed by atoms with Gasteiger partial charge in [0.1, 0.15) is 0 Å². The lowest BCUT2D eigenvalue weighted by Crippen LogP contribution is -2.53. The summed E-state index contributed by atoms with van der Waals surface area (Å²) in [6, 6.07) is 7.96. The Labute approximate surface area is 117 Å². The molecular formula is C14H21BrN2O. The van der Waals surface area contributed by atoms with Gasteiger partial charge in [0.05, 0.1) is 5.54 Å². The third kappa shape index (κ3) is 3.56. The minimum absolute atomic E-state index is 0.00965. The van der Waals surface area contributed by atoms with Gasteiger partial charge in [0.15, 0.2) is 0 Å². The zero-order valence-electron chi connectivity index (χ0n) is 11.2. The Bertz CT molecular complexity index is 399. The van der Waals surface area contributed by atoms with Crippen LogP contribution in [-0.4, -0.2) is 23.4 Å². The fraction of sp³-hybridized carbons (Fsp3) is 0.500. The van der Waals surface area contributed by atoms with Crippen molar-refractivity contribution in [3.63, 3.8) is 0 Å². The first-order valence-corrected chi connectivity index (χ1v) is 7.01. The lowest BCUT2D eigenvalue weighted by Gasteiger charge is -2.30. The van der Waals surface area contributed by atoms with Crippen LogP contribution in [0, 0.1) is 0 Å². The van der Waals surface area contributed by atoms with Crippen molar-refractivity contribution in [1.29, 1.82) is 0 Å². The largest absolute Gasteiger partial charge is 0.340 e. The van der Waals surface area contributed by atoms with E-state index in [-0.39, 0.29) is 5.91 Å². The Balaban J connectivity index is 2.73. The molecule has 1 aromatic rings. The van der Waals surface area contributed by atoms with Crippen molar-refractivity contribution in [3.05, 3.63) is 34.3 Å². The lowest BCUT2D eigenvalue weighted by molar-refractivity contribution is -0.136. The van der Waals surface area contributed by atoms with Gasteiger partial charge < -0.3 is 10.6 Å². The molecule has 3 nitrogen and oxygen atoms in total. The number of benzene rings is 1. The molecule has 0 heterocycles. The first kappa shape index (κ1) is 15.2. The highest BCUT2D eigenvalue weighted by molar-refractivity contribution is 9.10. The molecule has 0 spiro atoms. The molecule has 2 N–H and O–H groups in total. The zero-order valence-corrected chi connectivity index (χ0v) is 12.8. The summed E-state index contributed by atoms with van der Waals surface area (Å²) in [6.45, 7) is 4.49. The molecule has 1 aromatic carbocycles. The van der Waals surface area contributed by atoms with Crippen LogP contribution in [0.1, 0.15) is 32.3 Å². The molecule has 100 valence electrons. The van der Waals surface area contributed by atoms with E-state index in [1.807, 2.05) is 38.1 Å². The molecule has 0 aliphatic carbocycles. The molecule has 0 saturated carbocycles. The average molecular weight is 313 g/mol.